The minimum absolute atomic E-state index is 0.0316. The summed E-state index contributed by atoms with van der Waals surface area (Å²) >= 11 is 0. The SMILES string of the molecule is CC(NC(=O)C1CCC2(CC1)NC(=O)NC2=O)c1ccc(N2CCCC2=O)cc1. The maximum atomic E-state index is 12.7. The molecule has 1 spiro atoms. The van der Waals surface area contributed by atoms with Crippen molar-refractivity contribution in [3.63, 3.8) is 0 Å². The molecule has 3 aliphatic rings. The summed E-state index contributed by atoms with van der Waals surface area (Å²) < 4.78 is 0. The molecule has 2 heterocycles. The number of amides is 5. The zero-order valence-electron chi connectivity index (χ0n) is 16.5. The molecular formula is C21H26N4O4. The normalized spacial score (nSPS) is 27.7. The maximum absolute atomic E-state index is 12.7. The van der Waals surface area contributed by atoms with E-state index in [2.05, 4.69) is 16.0 Å². The van der Waals surface area contributed by atoms with Gasteiger partial charge in [0.15, 0.2) is 0 Å². The van der Waals surface area contributed by atoms with E-state index in [-0.39, 0.29) is 29.7 Å². The first-order valence-electron chi connectivity index (χ1n) is 10.2. The minimum atomic E-state index is -0.845. The molecule has 0 radical (unpaired) electrons. The van der Waals surface area contributed by atoms with E-state index >= 15 is 0 Å². The third-order valence-electron chi connectivity index (χ3n) is 6.36. The standard InChI is InChI=1S/C21H26N4O4/c1-13(14-4-6-16(7-5-14)25-12-2-3-17(25)26)22-18(27)15-8-10-21(11-9-15)19(28)23-20(29)24-21/h4-7,13,15H,2-3,8-12H2,1H3,(H,22,27)(H2,23,24,28,29). The average molecular weight is 398 g/mol. The first kappa shape index (κ1) is 19.4. The van der Waals surface area contributed by atoms with E-state index in [1.165, 1.54) is 0 Å². The van der Waals surface area contributed by atoms with E-state index in [0.717, 1.165) is 24.2 Å². The Morgan fingerprint density at radius 3 is 2.41 bits per heavy atom. The number of carbonyl (C=O) groups is 4. The van der Waals surface area contributed by atoms with Crippen LogP contribution in [0.5, 0.6) is 0 Å². The van der Waals surface area contributed by atoms with Gasteiger partial charge in [0.2, 0.25) is 11.8 Å². The molecule has 1 aliphatic carbocycles. The van der Waals surface area contributed by atoms with Crippen molar-refractivity contribution < 1.29 is 19.2 Å². The van der Waals surface area contributed by atoms with E-state index in [1.807, 2.05) is 31.2 Å². The lowest BCUT2D eigenvalue weighted by Crippen LogP contribution is -2.51. The summed E-state index contributed by atoms with van der Waals surface area (Å²) in [6.07, 6.45) is 3.54. The molecule has 0 aromatic heterocycles. The number of benzene rings is 1. The summed E-state index contributed by atoms with van der Waals surface area (Å²) in [5, 5.41) is 8.06. The Labute approximate surface area is 169 Å². The van der Waals surface area contributed by atoms with Gasteiger partial charge in [-0.1, -0.05) is 12.1 Å². The smallest absolute Gasteiger partial charge is 0.322 e. The molecule has 154 valence electrons. The third-order valence-corrected chi connectivity index (χ3v) is 6.36. The Morgan fingerprint density at radius 2 is 1.86 bits per heavy atom. The predicted molar refractivity (Wildman–Crippen MR) is 106 cm³/mol. The van der Waals surface area contributed by atoms with Crippen LogP contribution in [0, 0.1) is 5.92 Å². The van der Waals surface area contributed by atoms with Gasteiger partial charge in [0.1, 0.15) is 5.54 Å². The van der Waals surface area contributed by atoms with Crippen LogP contribution in [-0.2, 0) is 14.4 Å². The zero-order valence-corrected chi connectivity index (χ0v) is 16.5. The van der Waals surface area contributed by atoms with E-state index in [4.69, 9.17) is 0 Å². The van der Waals surface area contributed by atoms with Crippen molar-refractivity contribution in [3.05, 3.63) is 29.8 Å². The van der Waals surface area contributed by atoms with Gasteiger partial charge in [0.05, 0.1) is 6.04 Å². The molecule has 0 bridgehead atoms. The first-order valence-corrected chi connectivity index (χ1v) is 10.2. The molecular weight excluding hydrogens is 372 g/mol. The molecule has 5 amide bonds. The summed E-state index contributed by atoms with van der Waals surface area (Å²) in [5.74, 6) is -0.335. The maximum Gasteiger partial charge on any atom is 0.322 e. The third kappa shape index (κ3) is 3.71. The highest BCUT2D eigenvalue weighted by Crippen LogP contribution is 2.34. The van der Waals surface area contributed by atoms with Gasteiger partial charge in [0.25, 0.3) is 5.91 Å². The number of nitrogens with one attached hydrogen (secondary N) is 3. The molecule has 29 heavy (non-hydrogen) atoms. The number of imide groups is 1. The van der Waals surface area contributed by atoms with Crippen LogP contribution in [0.3, 0.4) is 0 Å². The van der Waals surface area contributed by atoms with Crippen LogP contribution in [-0.4, -0.2) is 35.8 Å². The molecule has 1 aromatic carbocycles. The van der Waals surface area contributed by atoms with Crippen LogP contribution in [0.25, 0.3) is 0 Å². The van der Waals surface area contributed by atoms with E-state index < -0.39 is 11.6 Å². The van der Waals surface area contributed by atoms with Gasteiger partial charge in [-0.25, -0.2) is 4.79 Å². The molecule has 1 saturated carbocycles. The lowest BCUT2D eigenvalue weighted by Gasteiger charge is -2.34. The second-order valence-corrected chi connectivity index (χ2v) is 8.24. The number of nitrogens with zero attached hydrogens (tertiary/aromatic N) is 1. The molecule has 1 unspecified atom stereocenters. The van der Waals surface area contributed by atoms with Crippen LogP contribution >= 0.6 is 0 Å². The van der Waals surface area contributed by atoms with Gasteiger partial charge in [-0.2, -0.15) is 0 Å². The van der Waals surface area contributed by atoms with Crippen molar-refractivity contribution >= 4 is 29.4 Å². The largest absolute Gasteiger partial charge is 0.349 e. The van der Waals surface area contributed by atoms with E-state index in [1.54, 1.807) is 4.90 Å². The summed E-state index contributed by atoms with van der Waals surface area (Å²) in [6, 6.07) is 7.13. The van der Waals surface area contributed by atoms with Crippen molar-refractivity contribution in [2.75, 3.05) is 11.4 Å². The molecule has 1 aromatic rings. The summed E-state index contributed by atoms with van der Waals surface area (Å²) in [5.41, 5.74) is 1.02. The highest BCUT2D eigenvalue weighted by Gasteiger charge is 2.48. The Kier molecular flexibility index (Phi) is 5.02. The number of anilines is 1. The van der Waals surface area contributed by atoms with Crippen molar-refractivity contribution in [3.8, 4) is 0 Å². The van der Waals surface area contributed by atoms with Crippen molar-refractivity contribution in [1.29, 1.82) is 0 Å². The molecule has 1 atom stereocenters. The highest BCUT2D eigenvalue weighted by atomic mass is 16.2. The van der Waals surface area contributed by atoms with E-state index in [0.29, 0.717) is 32.1 Å². The monoisotopic (exact) mass is 398 g/mol. The Bertz CT molecular complexity index is 843. The molecule has 4 rings (SSSR count). The van der Waals surface area contributed by atoms with Crippen molar-refractivity contribution in [2.24, 2.45) is 5.92 Å². The fourth-order valence-electron chi connectivity index (χ4n) is 4.53. The topological polar surface area (TPSA) is 108 Å². The van der Waals surface area contributed by atoms with Crippen LogP contribution in [0.1, 0.15) is 57.1 Å². The van der Waals surface area contributed by atoms with E-state index in [9.17, 15) is 19.2 Å². The second-order valence-electron chi connectivity index (χ2n) is 8.24. The zero-order chi connectivity index (χ0) is 20.6. The number of carbonyl (C=O) groups excluding carboxylic acids is 4. The summed E-state index contributed by atoms with van der Waals surface area (Å²) in [4.78, 5) is 49.8. The molecule has 8 nitrogen and oxygen atoms in total. The molecule has 2 aliphatic heterocycles. The number of hydrogen-bond donors (Lipinski definition) is 3. The van der Waals surface area contributed by atoms with Crippen molar-refractivity contribution in [2.45, 2.75) is 57.0 Å². The quantitative estimate of drug-likeness (QED) is 0.672. The van der Waals surface area contributed by atoms with Crippen molar-refractivity contribution in [1.82, 2.24) is 16.0 Å². The van der Waals surface area contributed by atoms with Gasteiger partial charge < -0.3 is 15.5 Å². The Balaban J connectivity index is 1.32. The number of rotatable bonds is 4. The number of hydrogen-bond acceptors (Lipinski definition) is 4. The van der Waals surface area contributed by atoms with Crippen LogP contribution in [0.15, 0.2) is 24.3 Å². The molecule has 3 fully saturated rings. The molecule has 2 saturated heterocycles. The Hall–Kier alpha value is -2.90. The van der Waals surface area contributed by atoms with Crippen LogP contribution < -0.4 is 20.9 Å². The lowest BCUT2D eigenvalue weighted by molar-refractivity contribution is -0.130. The minimum Gasteiger partial charge on any atom is -0.349 e. The fraction of sp³-hybridized carbons (Fsp3) is 0.524. The van der Waals surface area contributed by atoms with Gasteiger partial charge in [-0.3, -0.25) is 19.7 Å². The second kappa shape index (κ2) is 7.50. The van der Waals surface area contributed by atoms with Crippen LogP contribution in [0.2, 0.25) is 0 Å². The van der Waals surface area contributed by atoms with Crippen LogP contribution in [0.4, 0.5) is 10.5 Å². The predicted octanol–water partition coefficient (Wildman–Crippen LogP) is 1.76. The average Bonchev–Trinajstić information content (AvgIpc) is 3.25. The first-order chi connectivity index (χ1) is 13.9. The fourth-order valence-corrected chi connectivity index (χ4v) is 4.53. The summed E-state index contributed by atoms with van der Waals surface area (Å²) in [6.45, 7) is 2.69. The molecule has 8 heteroatoms. The lowest BCUT2D eigenvalue weighted by atomic mass is 9.76. The highest BCUT2D eigenvalue weighted by molar-refractivity contribution is 6.07. The van der Waals surface area contributed by atoms with Gasteiger partial charge in [0, 0.05) is 24.6 Å². The number of urea groups is 1. The molecule has 3 N–H and O–H groups in total. The summed E-state index contributed by atoms with van der Waals surface area (Å²) in [7, 11) is 0. The van der Waals surface area contributed by atoms with Gasteiger partial charge in [-0.05, 0) is 56.7 Å². The van der Waals surface area contributed by atoms with Gasteiger partial charge in [-0.15, -0.1) is 0 Å². The Morgan fingerprint density at radius 1 is 1.17 bits per heavy atom. The van der Waals surface area contributed by atoms with Gasteiger partial charge >= 0.3 is 6.03 Å².